The van der Waals surface area contributed by atoms with Crippen molar-refractivity contribution in [3.63, 3.8) is 0 Å². The molecule has 1 aliphatic rings. The number of benzene rings is 1. The van der Waals surface area contributed by atoms with E-state index in [1.54, 1.807) is 35.4 Å². The molecular weight excluding hydrogens is 552 g/mol. The minimum absolute atomic E-state index is 0.0151. The summed E-state index contributed by atoms with van der Waals surface area (Å²) in [5.41, 5.74) is 3.42. The highest BCUT2D eigenvalue weighted by atomic mass is 35.5. The van der Waals surface area contributed by atoms with E-state index in [1.807, 2.05) is 51.7 Å². The highest BCUT2D eigenvalue weighted by molar-refractivity contribution is 6.34. The lowest BCUT2D eigenvalue weighted by atomic mass is 10.0. The number of fused-ring (bicyclic) bond motifs is 1. The number of carbonyl (C=O) groups excluding carboxylic acids is 2. The molecule has 1 aromatic carbocycles. The fourth-order valence-corrected chi connectivity index (χ4v) is 6.13. The first-order valence-electron chi connectivity index (χ1n) is 13.9. The molecule has 0 radical (unpaired) electrons. The minimum atomic E-state index is -0.509. The number of amides is 1. The Hall–Kier alpha value is -4.37. The van der Waals surface area contributed by atoms with E-state index in [9.17, 15) is 14.4 Å². The zero-order valence-corrected chi connectivity index (χ0v) is 25.1. The van der Waals surface area contributed by atoms with Crippen LogP contribution >= 0.6 is 11.6 Å². The van der Waals surface area contributed by atoms with Crippen LogP contribution < -0.4 is 10.6 Å². The molecule has 10 heteroatoms. The van der Waals surface area contributed by atoms with E-state index in [0.717, 1.165) is 17.5 Å². The van der Waals surface area contributed by atoms with Crippen LogP contribution in [-0.2, 0) is 4.79 Å². The third-order valence-electron chi connectivity index (χ3n) is 7.72. The maximum atomic E-state index is 14.1. The first-order valence-corrected chi connectivity index (χ1v) is 14.3. The molecule has 216 valence electrons. The summed E-state index contributed by atoms with van der Waals surface area (Å²) in [4.78, 5) is 56.5. The van der Waals surface area contributed by atoms with E-state index in [-0.39, 0.29) is 23.9 Å². The lowest BCUT2D eigenvalue weighted by Crippen LogP contribution is -2.58. The van der Waals surface area contributed by atoms with Crippen LogP contribution in [0.3, 0.4) is 0 Å². The number of carbonyl (C=O) groups is 2. The third kappa shape index (κ3) is 4.98. The molecule has 42 heavy (non-hydrogen) atoms. The van der Waals surface area contributed by atoms with Crippen LogP contribution in [-0.4, -0.2) is 61.8 Å². The first-order chi connectivity index (χ1) is 20.1. The van der Waals surface area contributed by atoms with Gasteiger partial charge in [0.25, 0.3) is 0 Å². The molecule has 1 aliphatic heterocycles. The van der Waals surface area contributed by atoms with E-state index in [0.29, 0.717) is 57.5 Å². The van der Waals surface area contributed by atoms with E-state index in [2.05, 4.69) is 16.5 Å². The molecule has 0 N–H and O–H groups in total. The Morgan fingerprint density at radius 1 is 1.12 bits per heavy atom. The van der Waals surface area contributed by atoms with Gasteiger partial charge in [0.05, 0.1) is 27.5 Å². The van der Waals surface area contributed by atoms with E-state index in [1.165, 1.54) is 10.6 Å². The highest BCUT2D eigenvalue weighted by Gasteiger charge is 2.34. The predicted molar refractivity (Wildman–Crippen MR) is 166 cm³/mol. The minimum Gasteiger partial charge on any atom is -0.352 e. The Kier molecular flexibility index (Phi) is 7.97. The van der Waals surface area contributed by atoms with Crippen LogP contribution in [0.25, 0.3) is 28.0 Å². The summed E-state index contributed by atoms with van der Waals surface area (Å²) in [6, 6.07) is 10.4. The molecule has 9 nitrogen and oxygen atoms in total. The number of hydrogen-bond acceptors (Lipinski definition) is 7. The molecule has 0 aliphatic carbocycles. The summed E-state index contributed by atoms with van der Waals surface area (Å²) in [5, 5.41) is 0.895. The molecule has 5 rings (SSSR count). The standard InChI is InChI=1S/C32H33ClN6O3/c1-7-26(41)38-20(5)15-37(16-21(38)6)30-24-14-25(33)28(23-11-9-8-10-22(23)17-40)35-31(24)39(32(42)36-30)29-19(4)12-13-34-27(29)18(2)3/h7-14,17-18,20-21H,1,15-16H2,2-6H3/t20-,21-/m1/s1. The lowest BCUT2D eigenvalue weighted by molar-refractivity contribution is -0.130. The summed E-state index contributed by atoms with van der Waals surface area (Å²) >= 11 is 6.88. The van der Waals surface area contributed by atoms with Crippen molar-refractivity contribution in [1.82, 2.24) is 24.4 Å². The van der Waals surface area contributed by atoms with Gasteiger partial charge in [-0.3, -0.25) is 14.6 Å². The second-order valence-electron chi connectivity index (χ2n) is 11.0. The van der Waals surface area contributed by atoms with Crippen molar-refractivity contribution in [1.29, 1.82) is 0 Å². The smallest absolute Gasteiger partial charge is 0.352 e. The first kappa shape index (κ1) is 29.1. The molecule has 2 atom stereocenters. The second-order valence-corrected chi connectivity index (χ2v) is 11.4. The van der Waals surface area contributed by atoms with Crippen molar-refractivity contribution >= 4 is 40.6 Å². The number of halogens is 1. The van der Waals surface area contributed by atoms with Gasteiger partial charge in [0.2, 0.25) is 5.91 Å². The number of nitrogens with zero attached hydrogens (tertiary/aromatic N) is 6. The SMILES string of the molecule is C=CC(=O)N1[C@H](C)CN(c2nc(=O)n(-c3c(C)ccnc3C(C)C)c3nc(-c4ccccc4C=O)c(Cl)cc23)C[C@H]1C. The van der Waals surface area contributed by atoms with Gasteiger partial charge in [0.1, 0.15) is 5.82 Å². The van der Waals surface area contributed by atoms with Gasteiger partial charge in [0.15, 0.2) is 11.9 Å². The Balaban J connectivity index is 1.83. The van der Waals surface area contributed by atoms with Crippen molar-refractivity contribution in [2.24, 2.45) is 0 Å². The largest absolute Gasteiger partial charge is 0.355 e. The van der Waals surface area contributed by atoms with Crippen molar-refractivity contribution in [2.75, 3.05) is 18.0 Å². The molecule has 0 bridgehead atoms. The van der Waals surface area contributed by atoms with Gasteiger partial charge in [-0.2, -0.15) is 4.98 Å². The molecule has 0 spiro atoms. The van der Waals surface area contributed by atoms with Crippen molar-refractivity contribution < 1.29 is 9.59 Å². The quantitative estimate of drug-likeness (QED) is 0.222. The topological polar surface area (TPSA) is 101 Å². The van der Waals surface area contributed by atoms with Gasteiger partial charge >= 0.3 is 5.69 Å². The predicted octanol–water partition coefficient (Wildman–Crippen LogP) is 5.35. The summed E-state index contributed by atoms with van der Waals surface area (Å²) in [7, 11) is 0. The number of piperazine rings is 1. The Morgan fingerprint density at radius 3 is 2.45 bits per heavy atom. The lowest BCUT2D eigenvalue weighted by Gasteiger charge is -2.44. The van der Waals surface area contributed by atoms with Crippen molar-refractivity contribution in [3.8, 4) is 16.9 Å². The van der Waals surface area contributed by atoms with Gasteiger partial charge in [-0.25, -0.2) is 14.3 Å². The number of anilines is 1. The average molecular weight is 585 g/mol. The van der Waals surface area contributed by atoms with Gasteiger partial charge in [-0.05, 0) is 50.5 Å². The van der Waals surface area contributed by atoms with Crippen LogP contribution in [0.2, 0.25) is 5.02 Å². The number of aromatic nitrogens is 4. The van der Waals surface area contributed by atoms with E-state index < -0.39 is 5.69 Å². The van der Waals surface area contributed by atoms with Crippen molar-refractivity contribution in [3.05, 3.63) is 87.6 Å². The zero-order chi connectivity index (χ0) is 30.3. The van der Waals surface area contributed by atoms with Crippen LogP contribution in [0.4, 0.5) is 5.82 Å². The van der Waals surface area contributed by atoms with Gasteiger partial charge in [-0.1, -0.05) is 56.3 Å². The Labute approximate surface area is 249 Å². The fraction of sp³-hybridized carbons (Fsp3) is 0.312. The summed E-state index contributed by atoms with van der Waals surface area (Å²) in [6.07, 6.45) is 3.81. The summed E-state index contributed by atoms with van der Waals surface area (Å²) in [6.45, 7) is 14.4. The zero-order valence-electron chi connectivity index (χ0n) is 24.3. The number of pyridine rings is 2. The molecule has 0 saturated carbocycles. The number of rotatable bonds is 6. The second kappa shape index (κ2) is 11.5. The molecule has 3 aromatic heterocycles. The summed E-state index contributed by atoms with van der Waals surface area (Å²) < 4.78 is 1.50. The molecular formula is C32H33ClN6O3. The van der Waals surface area contributed by atoms with Gasteiger partial charge < -0.3 is 9.80 Å². The maximum absolute atomic E-state index is 14.1. The van der Waals surface area contributed by atoms with Crippen molar-refractivity contribution in [2.45, 2.75) is 52.6 Å². The number of hydrogen-bond donors (Lipinski definition) is 0. The molecule has 4 heterocycles. The van der Waals surface area contributed by atoms with E-state index in [4.69, 9.17) is 16.6 Å². The van der Waals surface area contributed by atoms with Crippen LogP contribution in [0, 0.1) is 6.92 Å². The van der Waals surface area contributed by atoms with Gasteiger partial charge in [-0.15, -0.1) is 0 Å². The Morgan fingerprint density at radius 2 is 1.81 bits per heavy atom. The normalized spacial score (nSPS) is 17.1. The molecule has 1 amide bonds. The monoisotopic (exact) mass is 584 g/mol. The summed E-state index contributed by atoms with van der Waals surface area (Å²) in [5.74, 6) is 0.313. The van der Waals surface area contributed by atoms with Crippen LogP contribution in [0.1, 0.15) is 55.2 Å². The molecule has 0 unspecified atom stereocenters. The van der Waals surface area contributed by atoms with E-state index >= 15 is 0 Å². The van der Waals surface area contributed by atoms with Gasteiger partial charge in [0, 0.05) is 42.5 Å². The number of aryl methyl sites for hydroxylation is 1. The maximum Gasteiger partial charge on any atom is 0.355 e. The fourth-order valence-electron chi connectivity index (χ4n) is 5.87. The van der Waals surface area contributed by atoms with Crippen LogP contribution in [0.5, 0.6) is 0 Å². The third-order valence-corrected chi connectivity index (χ3v) is 8.00. The Bertz CT molecular complexity index is 1770. The number of aldehydes is 1. The van der Waals surface area contributed by atoms with Crippen LogP contribution in [0.15, 0.2) is 60.0 Å². The molecule has 1 saturated heterocycles. The highest BCUT2D eigenvalue weighted by Crippen LogP contribution is 2.36. The average Bonchev–Trinajstić information content (AvgIpc) is 2.96. The molecule has 4 aromatic rings. The molecule has 1 fully saturated rings.